The van der Waals surface area contributed by atoms with Gasteiger partial charge in [-0.25, -0.2) is 9.97 Å². The lowest BCUT2D eigenvalue weighted by Gasteiger charge is -2.09. The molecule has 88 valence electrons. The van der Waals surface area contributed by atoms with Crippen LogP contribution in [-0.2, 0) is 6.54 Å². The van der Waals surface area contributed by atoms with E-state index < -0.39 is 0 Å². The average molecular weight is 268 g/mol. The second kappa shape index (κ2) is 5.34. The number of rotatable bonds is 3. The molecule has 1 heterocycles. The first-order chi connectivity index (χ1) is 8.16. The van der Waals surface area contributed by atoms with E-state index in [1.54, 1.807) is 6.92 Å². The van der Waals surface area contributed by atoms with Crippen molar-refractivity contribution in [3.8, 4) is 0 Å². The van der Waals surface area contributed by atoms with Crippen molar-refractivity contribution < 1.29 is 0 Å². The monoisotopic (exact) mass is 267 g/mol. The van der Waals surface area contributed by atoms with E-state index in [1.807, 2.05) is 30.3 Å². The van der Waals surface area contributed by atoms with Crippen molar-refractivity contribution >= 4 is 28.9 Å². The SMILES string of the molecule is Cc1nc(Cl)c(NCc2ccccc2)c(Cl)n1. The number of aromatic nitrogens is 2. The highest BCUT2D eigenvalue weighted by molar-refractivity contribution is 6.37. The zero-order valence-electron chi connectivity index (χ0n) is 9.24. The Morgan fingerprint density at radius 2 is 1.65 bits per heavy atom. The summed E-state index contributed by atoms with van der Waals surface area (Å²) in [6, 6.07) is 9.96. The summed E-state index contributed by atoms with van der Waals surface area (Å²) in [5.41, 5.74) is 1.71. The van der Waals surface area contributed by atoms with Crippen molar-refractivity contribution in [1.29, 1.82) is 0 Å². The molecule has 0 aliphatic heterocycles. The van der Waals surface area contributed by atoms with Crippen LogP contribution in [0.5, 0.6) is 0 Å². The number of anilines is 1. The lowest BCUT2D eigenvalue weighted by atomic mass is 10.2. The Bertz CT molecular complexity index is 491. The van der Waals surface area contributed by atoms with Crippen LogP contribution < -0.4 is 5.32 Å². The van der Waals surface area contributed by atoms with Gasteiger partial charge >= 0.3 is 0 Å². The molecular formula is C12H11Cl2N3. The van der Waals surface area contributed by atoms with E-state index in [1.165, 1.54) is 0 Å². The molecule has 1 aromatic carbocycles. The maximum atomic E-state index is 6.00. The van der Waals surface area contributed by atoms with Gasteiger partial charge in [0.15, 0.2) is 10.3 Å². The van der Waals surface area contributed by atoms with Crippen molar-refractivity contribution in [2.45, 2.75) is 13.5 Å². The third kappa shape index (κ3) is 3.08. The minimum Gasteiger partial charge on any atom is -0.376 e. The third-order valence-electron chi connectivity index (χ3n) is 2.24. The molecule has 1 aromatic heterocycles. The molecule has 0 radical (unpaired) electrons. The Balaban J connectivity index is 2.15. The van der Waals surface area contributed by atoms with Crippen molar-refractivity contribution in [3.05, 3.63) is 52.0 Å². The highest BCUT2D eigenvalue weighted by Crippen LogP contribution is 2.27. The van der Waals surface area contributed by atoms with Gasteiger partial charge in [-0.05, 0) is 12.5 Å². The van der Waals surface area contributed by atoms with E-state index in [-0.39, 0.29) is 0 Å². The van der Waals surface area contributed by atoms with Gasteiger partial charge in [-0.2, -0.15) is 0 Å². The van der Waals surface area contributed by atoms with Gasteiger partial charge in [0, 0.05) is 6.54 Å². The molecule has 17 heavy (non-hydrogen) atoms. The Kier molecular flexibility index (Phi) is 3.82. The Morgan fingerprint density at radius 1 is 1.06 bits per heavy atom. The lowest BCUT2D eigenvalue weighted by Crippen LogP contribution is -2.03. The summed E-state index contributed by atoms with van der Waals surface area (Å²) in [5.74, 6) is 0.560. The minimum atomic E-state index is 0.346. The number of halogens is 2. The predicted octanol–water partition coefficient (Wildman–Crippen LogP) is 3.70. The number of hydrogen-bond acceptors (Lipinski definition) is 3. The van der Waals surface area contributed by atoms with Gasteiger partial charge < -0.3 is 5.32 Å². The maximum absolute atomic E-state index is 6.00. The molecule has 0 saturated heterocycles. The molecule has 3 nitrogen and oxygen atoms in total. The molecule has 0 amide bonds. The topological polar surface area (TPSA) is 37.8 Å². The zero-order chi connectivity index (χ0) is 12.3. The molecular weight excluding hydrogens is 257 g/mol. The molecule has 0 saturated carbocycles. The molecule has 0 atom stereocenters. The largest absolute Gasteiger partial charge is 0.376 e. The van der Waals surface area contributed by atoms with Crippen LogP contribution in [0.1, 0.15) is 11.4 Å². The van der Waals surface area contributed by atoms with Gasteiger partial charge in [0.05, 0.1) is 0 Å². The molecule has 0 bridgehead atoms. The summed E-state index contributed by atoms with van der Waals surface area (Å²) in [5, 5.41) is 3.83. The third-order valence-corrected chi connectivity index (χ3v) is 2.79. The second-order valence-corrected chi connectivity index (χ2v) is 4.28. The molecule has 0 spiro atoms. The van der Waals surface area contributed by atoms with E-state index >= 15 is 0 Å². The molecule has 2 rings (SSSR count). The van der Waals surface area contributed by atoms with Crippen molar-refractivity contribution in [3.63, 3.8) is 0 Å². The zero-order valence-corrected chi connectivity index (χ0v) is 10.8. The summed E-state index contributed by atoms with van der Waals surface area (Å²) in [6.07, 6.45) is 0. The summed E-state index contributed by atoms with van der Waals surface area (Å²) < 4.78 is 0. The fourth-order valence-corrected chi connectivity index (χ4v) is 2.04. The van der Waals surface area contributed by atoms with Crippen molar-refractivity contribution in [1.82, 2.24) is 9.97 Å². The quantitative estimate of drug-likeness (QED) is 0.862. The number of aryl methyl sites for hydroxylation is 1. The van der Waals surface area contributed by atoms with Gasteiger partial charge in [-0.3, -0.25) is 0 Å². The molecule has 0 aliphatic rings. The first-order valence-electron chi connectivity index (χ1n) is 5.14. The minimum absolute atomic E-state index is 0.346. The van der Waals surface area contributed by atoms with Crippen LogP contribution in [0.3, 0.4) is 0 Å². The van der Waals surface area contributed by atoms with E-state index in [9.17, 15) is 0 Å². The van der Waals surface area contributed by atoms with Gasteiger partial charge in [0.25, 0.3) is 0 Å². The van der Waals surface area contributed by atoms with E-state index in [2.05, 4.69) is 15.3 Å². The molecule has 0 unspecified atom stereocenters. The molecule has 1 N–H and O–H groups in total. The summed E-state index contributed by atoms with van der Waals surface area (Å²) in [6.45, 7) is 2.38. The normalized spacial score (nSPS) is 10.3. The first kappa shape index (κ1) is 12.1. The summed E-state index contributed by atoms with van der Waals surface area (Å²) >= 11 is 12.0. The highest BCUT2D eigenvalue weighted by atomic mass is 35.5. The van der Waals surface area contributed by atoms with Gasteiger partial charge in [-0.15, -0.1) is 0 Å². The van der Waals surface area contributed by atoms with Crippen LogP contribution >= 0.6 is 23.2 Å². The fraction of sp³-hybridized carbons (Fsp3) is 0.167. The van der Waals surface area contributed by atoms with E-state index in [0.29, 0.717) is 28.4 Å². The summed E-state index contributed by atoms with van der Waals surface area (Å²) in [4.78, 5) is 8.11. The van der Waals surface area contributed by atoms with Crippen LogP contribution in [0.15, 0.2) is 30.3 Å². The predicted molar refractivity (Wildman–Crippen MR) is 70.6 cm³/mol. The van der Waals surface area contributed by atoms with Gasteiger partial charge in [0.2, 0.25) is 0 Å². The number of hydrogen-bond donors (Lipinski definition) is 1. The van der Waals surface area contributed by atoms with Gasteiger partial charge in [0.1, 0.15) is 11.5 Å². The number of nitrogens with one attached hydrogen (secondary N) is 1. The smallest absolute Gasteiger partial charge is 0.157 e. The molecule has 0 fully saturated rings. The van der Waals surface area contributed by atoms with Crippen LogP contribution in [0.25, 0.3) is 0 Å². The van der Waals surface area contributed by atoms with Crippen molar-refractivity contribution in [2.75, 3.05) is 5.32 Å². The Labute approximate surface area is 110 Å². The van der Waals surface area contributed by atoms with E-state index in [0.717, 1.165) is 5.56 Å². The molecule has 2 aromatic rings. The average Bonchev–Trinajstić information content (AvgIpc) is 2.29. The lowest BCUT2D eigenvalue weighted by molar-refractivity contribution is 1.04. The van der Waals surface area contributed by atoms with Crippen molar-refractivity contribution in [2.24, 2.45) is 0 Å². The summed E-state index contributed by atoms with van der Waals surface area (Å²) in [7, 11) is 0. The molecule has 5 heteroatoms. The molecule has 0 aliphatic carbocycles. The van der Waals surface area contributed by atoms with E-state index in [4.69, 9.17) is 23.2 Å². The van der Waals surface area contributed by atoms with Crippen LogP contribution in [0.4, 0.5) is 5.69 Å². The maximum Gasteiger partial charge on any atom is 0.157 e. The standard InChI is InChI=1S/C12H11Cl2N3/c1-8-16-11(13)10(12(14)17-8)15-7-9-5-3-2-4-6-9/h2-6,15H,7H2,1H3. The Morgan fingerprint density at radius 3 is 2.24 bits per heavy atom. The van der Waals surface area contributed by atoms with Gasteiger partial charge in [-0.1, -0.05) is 53.5 Å². The Hall–Kier alpha value is -1.32. The van der Waals surface area contributed by atoms with Crippen LogP contribution in [0.2, 0.25) is 10.3 Å². The highest BCUT2D eigenvalue weighted by Gasteiger charge is 2.09. The number of benzene rings is 1. The van der Waals surface area contributed by atoms with Crippen LogP contribution in [-0.4, -0.2) is 9.97 Å². The number of nitrogens with zero attached hydrogens (tertiary/aromatic N) is 2. The first-order valence-corrected chi connectivity index (χ1v) is 5.90. The fourth-order valence-electron chi connectivity index (χ4n) is 1.44. The second-order valence-electron chi connectivity index (χ2n) is 3.57. The van der Waals surface area contributed by atoms with Crippen LogP contribution in [0, 0.1) is 6.92 Å².